The van der Waals surface area contributed by atoms with Gasteiger partial charge < -0.3 is 35.4 Å². The zero-order valence-electron chi connectivity index (χ0n) is 17.4. The molecule has 168 valence electrons. The number of carbonyl (C=O) groups is 2. The topological polar surface area (TPSA) is 165 Å². The van der Waals surface area contributed by atoms with Crippen LogP contribution in [0.15, 0.2) is 0 Å². The van der Waals surface area contributed by atoms with Gasteiger partial charge in [-0.25, -0.2) is 9.59 Å². The molecule has 9 heteroatoms. The second-order valence-electron chi connectivity index (χ2n) is 4.94. The molecular formula is C18H42O9. The summed E-state index contributed by atoms with van der Waals surface area (Å²) in [5.74, 6) is 0. The first-order chi connectivity index (χ1) is 12.8. The van der Waals surface area contributed by atoms with Crippen LogP contribution in [-0.2, 0) is 4.74 Å². The maximum absolute atomic E-state index is 9.21. The van der Waals surface area contributed by atoms with Crippen LogP contribution in [0.4, 0.5) is 9.59 Å². The number of aliphatic hydroxyl groups is 4. The monoisotopic (exact) mass is 402 g/mol. The molecule has 0 aromatic heterocycles. The zero-order valence-corrected chi connectivity index (χ0v) is 17.4. The van der Waals surface area contributed by atoms with Gasteiger partial charge in [0.2, 0.25) is 0 Å². The molecule has 0 atom stereocenters. The lowest BCUT2D eigenvalue weighted by Gasteiger charge is -1.84. The van der Waals surface area contributed by atoms with Gasteiger partial charge in [0.05, 0.1) is 0 Å². The Bertz CT molecular complexity index is 205. The molecule has 0 unspecified atom stereocenters. The maximum atomic E-state index is 9.21. The first kappa shape index (κ1) is 36.5. The summed E-state index contributed by atoms with van der Waals surface area (Å²) in [6.07, 6.45) is 4.53. The third-order valence-electron chi connectivity index (χ3n) is 2.22. The van der Waals surface area contributed by atoms with Gasteiger partial charge in [-0.05, 0) is 25.7 Å². The van der Waals surface area contributed by atoms with Gasteiger partial charge in [0, 0.05) is 26.4 Å². The Hall–Kier alpha value is -1.42. The van der Waals surface area contributed by atoms with E-state index in [1.54, 1.807) is 0 Å². The number of ether oxygens (including phenoxy) is 1. The van der Waals surface area contributed by atoms with Crippen molar-refractivity contribution in [1.29, 1.82) is 0 Å². The van der Waals surface area contributed by atoms with Gasteiger partial charge in [0.25, 0.3) is 0 Å². The van der Waals surface area contributed by atoms with Crippen molar-refractivity contribution in [3.63, 3.8) is 0 Å². The molecule has 9 nitrogen and oxygen atoms in total. The van der Waals surface area contributed by atoms with Crippen LogP contribution in [-0.4, -0.2) is 69.4 Å². The summed E-state index contributed by atoms with van der Waals surface area (Å²) in [5.41, 5.74) is 0. The van der Waals surface area contributed by atoms with Crippen LogP contribution in [0.25, 0.3) is 0 Å². The van der Waals surface area contributed by atoms with Crippen LogP contribution < -0.4 is 0 Å². The van der Waals surface area contributed by atoms with Gasteiger partial charge in [-0.2, -0.15) is 0 Å². The summed E-state index contributed by atoms with van der Waals surface area (Å²) in [4.78, 5) is 18.4. The average Bonchev–Trinajstić information content (AvgIpc) is 2.59. The Morgan fingerprint density at radius 1 is 0.556 bits per heavy atom. The van der Waals surface area contributed by atoms with Crippen molar-refractivity contribution in [2.24, 2.45) is 0 Å². The minimum atomic E-state index is -1.81. The fourth-order valence-corrected chi connectivity index (χ4v) is 0.707. The van der Waals surface area contributed by atoms with Gasteiger partial charge >= 0.3 is 12.3 Å². The van der Waals surface area contributed by atoms with E-state index in [1.165, 1.54) is 0 Å². The number of aliphatic hydroxyl groups excluding tert-OH is 4. The Morgan fingerprint density at radius 3 is 0.741 bits per heavy atom. The van der Waals surface area contributed by atoms with Gasteiger partial charge in [0.15, 0.2) is 0 Å². The highest BCUT2D eigenvalue weighted by Gasteiger charge is 2.01. The second-order valence-corrected chi connectivity index (χ2v) is 4.94. The zero-order chi connectivity index (χ0) is 22.3. The van der Waals surface area contributed by atoms with Gasteiger partial charge in [-0.15, -0.1) is 0 Å². The summed E-state index contributed by atoms with van der Waals surface area (Å²) < 4.78 is 3.08. The molecule has 0 spiro atoms. The summed E-state index contributed by atoms with van der Waals surface area (Å²) in [6.45, 7) is 9.58. The molecule has 0 saturated carbocycles. The molecule has 0 rings (SSSR count). The predicted octanol–water partition coefficient (Wildman–Crippen LogP) is 3.47. The lowest BCUT2D eigenvalue weighted by molar-refractivity contribution is 0.0801. The summed E-state index contributed by atoms with van der Waals surface area (Å²) in [5, 5.41) is 47.2. The van der Waals surface area contributed by atoms with Crippen LogP contribution in [0, 0.1) is 0 Å². The van der Waals surface area contributed by atoms with Gasteiger partial charge in [-0.3, -0.25) is 0 Å². The molecule has 0 aliphatic rings. The van der Waals surface area contributed by atoms with Crippen LogP contribution in [0.3, 0.4) is 0 Å². The van der Waals surface area contributed by atoms with Crippen LogP contribution >= 0.6 is 0 Å². The van der Waals surface area contributed by atoms with E-state index in [2.05, 4.69) is 32.4 Å². The minimum Gasteiger partial charge on any atom is -0.449 e. The Morgan fingerprint density at radius 2 is 0.741 bits per heavy atom. The summed E-state index contributed by atoms with van der Waals surface area (Å²) in [7, 11) is 0. The number of unbranched alkanes of at least 4 members (excludes halogenated alkanes) is 4. The lowest BCUT2D eigenvalue weighted by Crippen LogP contribution is -2.05. The molecule has 0 aromatic rings. The van der Waals surface area contributed by atoms with E-state index in [4.69, 9.17) is 30.6 Å². The van der Waals surface area contributed by atoms with Crippen molar-refractivity contribution < 1.29 is 45.0 Å². The molecule has 0 heterocycles. The number of hydrogen-bond acceptors (Lipinski definition) is 7. The molecule has 0 fully saturated rings. The molecule has 0 aliphatic carbocycles. The van der Waals surface area contributed by atoms with Crippen LogP contribution in [0.1, 0.15) is 79.1 Å². The SMILES string of the molecule is CCCCO.CCCCO.CCCCO.CCCCO.O=C(O)OC(=O)O. The quantitative estimate of drug-likeness (QED) is 0.263. The standard InChI is InChI=1S/4C4H10O.C2H2O5/c4*1-2-3-4-5;3-1(4)7-2(5)6/h4*5H,2-4H2,1H3;(H,3,4)(H,5,6). The third-order valence-corrected chi connectivity index (χ3v) is 2.22. The molecule has 0 aliphatic heterocycles. The molecule has 0 saturated heterocycles. The number of carboxylic acid groups (broad SMARTS) is 2. The van der Waals surface area contributed by atoms with E-state index in [9.17, 15) is 9.59 Å². The minimum absolute atomic E-state index is 0.344. The van der Waals surface area contributed by atoms with Crippen LogP contribution in [0.5, 0.6) is 0 Å². The molecule has 0 radical (unpaired) electrons. The summed E-state index contributed by atoms with van der Waals surface area (Å²) in [6, 6.07) is 0. The van der Waals surface area contributed by atoms with E-state index in [1.807, 2.05) is 0 Å². The Labute approximate surface area is 163 Å². The largest absolute Gasteiger partial charge is 0.516 e. The van der Waals surface area contributed by atoms with Crippen molar-refractivity contribution in [2.45, 2.75) is 79.1 Å². The van der Waals surface area contributed by atoms with Crippen molar-refractivity contribution in [3.05, 3.63) is 0 Å². The highest BCUT2D eigenvalue weighted by molar-refractivity contribution is 5.74. The lowest BCUT2D eigenvalue weighted by atomic mass is 10.4. The van der Waals surface area contributed by atoms with Crippen molar-refractivity contribution in [1.82, 2.24) is 0 Å². The predicted molar refractivity (Wildman–Crippen MR) is 105 cm³/mol. The molecule has 0 amide bonds. The smallest absolute Gasteiger partial charge is 0.449 e. The Kier molecular flexibility index (Phi) is 59.8. The highest BCUT2D eigenvalue weighted by Crippen LogP contribution is 1.80. The normalized spacial score (nSPS) is 8.15. The highest BCUT2D eigenvalue weighted by atomic mass is 16.7. The molecule has 0 aromatic carbocycles. The van der Waals surface area contributed by atoms with Crippen molar-refractivity contribution in [3.8, 4) is 0 Å². The molecule has 6 N–H and O–H groups in total. The maximum Gasteiger partial charge on any atom is 0.516 e. The fraction of sp³-hybridized carbons (Fsp3) is 0.889. The molecule has 27 heavy (non-hydrogen) atoms. The van der Waals surface area contributed by atoms with Gasteiger partial charge in [0.1, 0.15) is 0 Å². The first-order valence-electron chi connectivity index (χ1n) is 9.36. The van der Waals surface area contributed by atoms with Gasteiger partial charge in [-0.1, -0.05) is 53.4 Å². The van der Waals surface area contributed by atoms with E-state index >= 15 is 0 Å². The fourth-order valence-electron chi connectivity index (χ4n) is 0.707. The van der Waals surface area contributed by atoms with Crippen molar-refractivity contribution in [2.75, 3.05) is 26.4 Å². The van der Waals surface area contributed by atoms with E-state index in [-0.39, 0.29) is 0 Å². The molecular weight excluding hydrogens is 360 g/mol. The van der Waals surface area contributed by atoms with E-state index < -0.39 is 12.3 Å². The number of rotatable bonds is 8. The average molecular weight is 403 g/mol. The molecule has 0 bridgehead atoms. The summed E-state index contributed by atoms with van der Waals surface area (Å²) >= 11 is 0. The van der Waals surface area contributed by atoms with E-state index in [0.717, 1.165) is 51.4 Å². The first-order valence-corrected chi connectivity index (χ1v) is 9.36. The second kappa shape index (κ2) is 44.2. The third kappa shape index (κ3) is 112. The van der Waals surface area contributed by atoms with E-state index in [0.29, 0.717) is 26.4 Å². The van der Waals surface area contributed by atoms with Crippen LogP contribution in [0.2, 0.25) is 0 Å². The Balaban J connectivity index is -0.0000000753. The van der Waals surface area contributed by atoms with Crippen molar-refractivity contribution >= 4 is 12.3 Å². The number of hydrogen-bond donors (Lipinski definition) is 6.